The van der Waals surface area contributed by atoms with E-state index in [1.54, 1.807) is 11.8 Å². The van der Waals surface area contributed by atoms with E-state index in [0.29, 0.717) is 5.82 Å². The van der Waals surface area contributed by atoms with Crippen LogP contribution in [0.2, 0.25) is 0 Å². The maximum absolute atomic E-state index is 12.5. The standard InChI is InChI=1S/C15H18N8O2/c1-25-13-8-6-12(7-9-13)22-14(16-17-18-22)10-21-15(24)23(20-19-21)11-4-2-3-5-11/h6-9,11H,2-5,10H2,1H3. The average Bonchev–Trinajstić information content (AvgIpc) is 3.38. The number of rotatable bonds is 5. The molecule has 1 aliphatic carbocycles. The van der Waals surface area contributed by atoms with Crippen molar-refractivity contribution in [2.75, 3.05) is 7.11 Å². The Morgan fingerprint density at radius 2 is 1.88 bits per heavy atom. The molecular formula is C15H18N8O2. The minimum absolute atomic E-state index is 0.152. The second-order valence-electron chi connectivity index (χ2n) is 6.01. The quantitative estimate of drug-likeness (QED) is 0.668. The monoisotopic (exact) mass is 342 g/mol. The van der Waals surface area contributed by atoms with E-state index in [-0.39, 0.29) is 18.3 Å². The van der Waals surface area contributed by atoms with Crippen LogP contribution in [0, 0.1) is 0 Å². The summed E-state index contributed by atoms with van der Waals surface area (Å²) >= 11 is 0. The Labute approximate surface area is 143 Å². The lowest BCUT2D eigenvalue weighted by Gasteiger charge is -2.06. The SMILES string of the molecule is COc1ccc(-n2nnnc2Cn2nnn(C3CCCC3)c2=O)cc1. The maximum Gasteiger partial charge on any atom is 0.364 e. The second kappa shape index (κ2) is 6.46. The van der Waals surface area contributed by atoms with Crippen molar-refractivity contribution < 1.29 is 4.74 Å². The van der Waals surface area contributed by atoms with Crippen molar-refractivity contribution in [1.29, 1.82) is 0 Å². The molecule has 0 atom stereocenters. The van der Waals surface area contributed by atoms with Crippen LogP contribution in [0.15, 0.2) is 29.1 Å². The molecule has 0 bridgehead atoms. The molecule has 4 rings (SSSR count). The Bertz CT molecular complexity index is 904. The van der Waals surface area contributed by atoms with Gasteiger partial charge in [-0.15, -0.1) is 5.10 Å². The minimum atomic E-state index is -0.226. The normalized spacial score (nSPS) is 14.9. The van der Waals surface area contributed by atoms with Crippen molar-refractivity contribution in [3.05, 3.63) is 40.6 Å². The van der Waals surface area contributed by atoms with Gasteiger partial charge in [0, 0.05) is 0 Å². The molecule has 10 heteroatoms. The van der Waals surface area contributed by atoms with Gasteiger partial charge < -0.3 is 4.74 Å². The summed E-state index contributed by atoms with van der Waals surface area (Å²) in [7, 11) is 1.61. The first kappa shape index (κ1) is 15.5. The van der Waals surface area contributed by atoms with Gasteiger partial charge in [-0.25, -0.2) is 4.79 Å². The zero-order valence-corrected chi connectivity index (χ0v) is 13.8. The number of hydrogen-bond donors (Lipinski definition) is 0. The van der Waals surface area contributed by atoms with Crippen molar-refractivity contribution in [2.45, 2.75) is 38.3 Å². The van der Waals surface area contributed by atoms with Crippen LogP contribution >= 0.6 is 0 Å². The molecule has 1 aliphatic rings. The van der Waals surface area contributed by atoms with Gasteiger partial charge in [-0.2, -0.15) is 14.0 Å². The highest BCUT2D eigenvalue weighted by Gasteiger charge is 2.22. The predicted octanol–water partition coefficient (Wildman–Crippen LogP) is 0.587. The molecule has 130 valence electrons. The van der Waals surface area contributed by atoms with Crippen LogP contribution in [-0.2, 0) is 6.54 Å². The van der Waals surface area contributed by atoms with Gasteiger partial charge in [-0.1, -0.05) is 12.8 Å². The van der Waals surface area contributed by atoms with Gasteiger partial charge in [0.05, 0.1) is 18.8 Å². The average molecular weight is 342 g/mol. The molecule has 0 saturated heterocycles. The molecule has 1 saturated carbocycles. The summed E-state index contributed by atoms with van der Waals surface area (Å²) in [6, 6.07) is 7.49. The number of ether oxygens (including phenoxy) is 1. The molecule has 0 unspecified atom stereocenters. The van der Waals surface area contributed by atoms with E-state index in [1.165, 1.54) is 9.36 Å². The Kier molecular flexibility index (Phi) is 4.00. The number of benzene rings is 1. The van der Waals surface area contributed by atoms with Gasteiger partial charge in [0.15, 0.2) is 5.82 Å². The summed E-state index contributed by atoms with van der Waals surface area (Å²) in [5, 5.41) is 19.7. The van der Waals surface area contributed by atoms with Crippen LogP contribution < -0.4 is 10.4 Å². The molecular weight excluding hydrogens is 324 g/mol. The number of tetrazole rings is 2. The first-order valence-electron chi connectivity index (χ1n) is 8.20. The highest BCUT2D eigenvalue weighted by molar-refractivity contribution is 5.36. The van der Waals surface area contributed by atoms with Gasteiger partial charge in [-0.05, 0) is 58.0 Å². The number of aromatic nitrogens is 8. The fraction of sp³-hybridized carbons (Fsp3) is 0.467. The lowest BCUT2D eigenvalue weighted by atomic mass is 10.3. The van der Waals surface area contributed by atoms with Crippen LogP contribution in [0.3, 0.4) is 0 Å². The fourth-order valence-electron chi connectivity index (χ4n) is 3.13. The molecule has 0 amide bonds. The van der Waals surface area contributed by atoms with Crippen molar-refractivity contribution in [1.82, 2.24) is 40.0 Å². The van der Waals surface area contributed by atoms with Crippen LogP contribution in [0.5, 0.6) is 5.75 Å². The lowest BCUT2D eigenvalue weighted by molar-refractivity contribution is 0.414. The zero-order chi connectivity index (χ0) is 17.2. The van der Waals surface area contributed by atoms with E-state index >= 15 is 0 Å². The summed E-state index contributed by atoms with van der Waals surface area (Å²) in [5.41, 5.74) is 0.549. The third-order valence-electron chi connectivity index (χ3n) is 4.47. The molecule has 1 fully saturated rings. The van der Waals surface area contributed by atoms with Crippen LogP contribution in [-0.4, -0.2) is 47.1 Å². The van der Waals surface area contributed by atoms with Gasteiger partial charge >= 0.3 is 5.69 Å². The first-order valence-corrected chi connectivity index (χ1v) is 8.20. The highest BCUT2D eigenvalue weighted by Crippen LogP contribution is 2.27. The summed E-state index contributed by atoms with van der Waals surface area (Å²) < 4.78 is 9.50. The van der Waals surface area contributed by atoms with E-state index < -0.39 is 0 Å². The number of methoxy groups -OCH3 is 1. The molecule has 3 aromatic rings. The van der Waals surface area contributed by atoms with Gasteiger partial charge in [0.2, 0.25) is 0 Å². The summed E-state index contributed by atoms with van der Waals surface area (Å²) in [4.78, 5) is 12.5. The van der Waals surface area contributed by atoms with Crippen LogP contribution in [0.1, 0.15) is 37.5 Å². The number of hydrogen-bond acceptors (Lipinski definition) is 7. The number of nitrogens with zero attached hydrogens (tertiary/aromatic N) is 8. The Morgan fingerprint density at radius 1 is 1.12 bits per heavy atom. The molecule has 0 radical (unpaired) electrons. The molecule has 1 aromatic carbocycles. The van der Waals surface area contributed by atoms with Gasteiger partial charge in [0.25, 0.3) is 0 Å². The van der Waals surface area contributed by atoms with Crippen LogP contribution in [0.25, 0.3) is 5.69 Å². The van der Waals surface area contributed by atoms with Crippen molar-refractivity contribution in [3.63, 3.8) is 0 Å². The molecule has 2 aromatic heterocycles. The third-order valence-corrected chi connectivity index (χ3v) is 4.47. The van der Waals surface area contributed by atoms with Crippen molar-refractivity contribution in [3.8, 4) is 11.4 Å². The Hall–Kier alpha value is -3.04. The van der Waals surface area contributed by atoms with Crippen LogP contribution in [0.4, 0.5) is 0 Å². The topological polar surface area (TPSA) is 106 Å². The first-order chi connectivity index (χ1) is 12.3. The third kappa shape index (κ3) is 2.90. The van der Waals surface area contributed by atoms with E-state index in [1.807, 2.05) is 24.3 Å². The molecule has 0 N–H and O–H groups in total. The summed E-state index contributed by atoms with van der Waals surface area (Å²) in [6.45, 7) is 0.157. The largest absolute Gasteiger partial charge is 0.497 e. The summed E-state index contributed by atoms with van der Waals surface area (Å²) in [6.07, 6.45) is 4.20. The Balaban J connectivity index is 1.60. The molecule has 0 aliphatic heterocycles. The highest BCUT2D eigenvalue weighted by atomic mass is 16.5. The molecule has 10 nitrogen and oxygen atoms in total. The minimum Gasteiger partial charge on any atom is -0.497 e. The Morgan fingerprint density at radius 3 is 2.60 bits per heavy atom. The fourth-order valence-corrected chi connectivity index (χ4v) is 3.13. The zero-order valence-electron chi connectivity index (χ0n) is 13.8. The van der Waals surface area contributed by atoms with Gasteiger partial charge in [-0.3, -0.25) is 0 Å². The van der Waals surface area contributed by atoms with E-state index in [9.17, 15) is 4.79 Å². The van der Waals surface area contributed by atoms with E-state index in [2.05, 4.69) is 26.0 Å². The molecule has 0 spiro atoms. The molecule has 2 heterocycles. The van der Waals surface area contributed by atoms with Crippen molar-refractivity contribution in [2.24, 2.45) is 0 Å². The lowest BCUT2D eigenvalue weighted by Crippen LogP contribution is -2.28. The molecule has 25 heavy (non-hydrogen) atoms. The smallest absolute Gasteiger partial charge is 0.364 e. The summed E-state index contributed by atoms with van der Waals surface area (Å²) in [5.74, 6) is 1.25. The van der Waals surface area contributed by atoms with E-state index in [0.717, 1.165) is 37.1 Å². The van der Waals surface area contributed by atoms with Gasteiger partial charge in [0.1, 0.15) is 12.3 Å². The second-order valence-corrected chi connectivity index (χ2v) is 6.01. The maximum atomic E-state index is 12.5. The van der Waals surface area contributed by atoms with Crippen molar-refractivity contribution >= 4 is 0 Å². The predicted molar refractivity (Wildman–Crippen MR) is 86.6 cm³/mol. The van der Waals surface area contributed by atoms with E-state index in [4.69, 9.17) is 4.74 Å².